The minimum Gasteiger partial charge on any atom is -0.493 e. The van der Waals surface area contributed by atoms with E-state index >= 15 is 0 Å². The largest absolute Gasteiger partial charge is 0.493 e. The average Bonchev–Trinajstić information content (AvgIpc) is 2.61. The van der Waals surface area contributed by atoms with Crippen LogP contribution in [0.25, 0.3) is 0 Å². The van der Waals surface area contributed by atoms with Crippen molar-refractivity contribution in [2.75, 3.05) is 27.4 Å². The van der Waals surface area contributed by atoms with Gasteiger partial charge in [0, 0.05) is 25.8 Å². The van der Waals surface area contributed by atoms with Crippen molar-refractivity contribution >= 4 is 28.3 Å². The molecule has 2 aromatic rings. The summed E-state index contributed by atoms with van der Waals surface area (Å²) in [5.74, 6) is 0.891. The zero-order chi connectivity index (χ0) is 18.1. The second kappa shape index (κ2) is 12.1. The number of benzene rings is 2. The van der Waals surface area contributed by atoms with Gasteiger partial charge >= 0.3 is 0 Å². The van der Waals surface area contributed by atoms with Crippen molar-refractivity contribution < 1.29 is 18.6 Å². The smallest absolute Gasteiger partial charge is 0.175 e. The fraction of sp³-hybridized carbons (Fsp3) is 0.368. The first-order valence-electron chi connectivity index (χ1n) is 8.08. The number of hydrogen-bond acceptors (Lipinski definition) is 4. The number of methoxy groups -OCH3 is 2. The van der Waals surface area contributed by atoms with Crippen LogP contribution in [0.4, 0.5) is 4.39 Å². The maximum atomic E-state index is 13.7. The van der Waals surface area contributed by atoms with E-state index in [0.717, 1.165) is 29.6 Å². The average molecular weight is 449 g/mol. The third kappa shape index (κ3) is 6.76. The normalized spacial score (nSPS) is 10.3. The number of ether oxygens (including phenoxy) is 3. The summed E-state index contributed by atoms with van der Waals surface area (Å²) in [5, 5.41) is 3.35. The molecule has 0 heterocycles. The van der Waals surface area contributed by atoms with E-state index in [9.17, 15) is 4.39 Å². The van der Waals surface area contributed by atoms with Crippen LogP contribution in [0.15, 0.2) is 40.9 Å². The second-order valence-corrected chi connectivity index (χ2v) is 6.37. The summed E-state index contributed by atoms with van der Waals surface area (Å²) >= 11 is 3.52. The molecular weight excluding hydrogens is 425 g/mol. The molecule has 26 heavy (non-hydrogen) atoms. The van der Waals surface area contributed by atoms with Gasteiger partial charge in [-0.05, 0) is 52.7 Å². The zero-order valence-corrected chi connectivity index (χ0v) is 17.3. The number of nitrogens with one attached hydrogen (secondary N) is 1. The third-order valence-corrected chi connectivity index (χ3v) is 4.24. The molecule has 1 N–H and O–H groups in total. The van der Waals surface area contributed by atoms with Gasteiger partial charge in [-0.15, -0.1) is 12.4 Å². The van der Waals surface area contributed by atoms with Gasteiger partial charge in [0.2, 0.25) is 0 Å². The number of rotatable bonds is 10. The fourth-order valence-electron chi connectivity index (χ4n) is 2.35. The quantitative estimate of drug-likeness (QED) is 0.534. The highest BCUT2D eigenvalue weighted by molar-refractivity contribution is 9.10. The van der Waals surface area contributed by atoms with Gasteiger partial charge in [0.1, 0.15) is 12.4 Å². The molecule has 0 unspecified atom stereocenters. The topological polar surface area (TPSA) is 39.7 Å². The first-order valence-corrected chi connectivity index (χ1v) is 8.87. The highest BCUT2D eigenvalue weighted by atomic mass is 79.9. The van der Waals surface area contributed by atoms with Crippen LogP contribution < -0.4 is 14.8 Å². The molecule has 0 aliphatic heterocycles. The molecule has 2 rings (SSSR count). The molecule has 0 aliphatic rings. The molecule has 144 valence electrons. The van der Waals surface area contributed by atoms with Crippen molar-refractivity contribution in [1.82, 2.24) is 5.32 Å². The van der Waals surface area contributed by atoms with E-state index in [1.165, 1.54) is 6.07 Å². The highest BCUT2D eigenvalue weighted by Gasteiger charge is 2.13. The Bertz CT molecular complexity index is 688. The van der Waals surface area contributed by atoms with Gasteiger partial charge < -0.3 is 19.5 Å². The van der Waals surface area contributed by atoms with Gasteiger partial charge in [-0.25, -0.2) is 4.39 Å². The van der Waals surface area contributed by atoms with E-state index in [-0.39, 0.29) is 24.8 Å². The number of hydrogen-bond donors (Lipinski definition) is 1. The third-order valence-electron chi connectivity index (χ3n) is 3.65. The zero-order valence-electron chi connectivity index (χ0n) is 14.9. The van der Waals surface area contributed by atoms with E-state index in [1.807, 2.05) is 12.1 Å². The molecule has 0 atom stereocenters. The summed E-state index contributed by atoms with van der Waals surface area (Å²) < 4.78 is 30.8. The Balaban J connectivity index is 0.00000338. The summed E-state index contributed by atoms with van der Waals surface area (Å²) in [6.45, 7) is 2.46. The van der Waals surface area contributed by atoms with Crippen LogP contribution in [-0.2, 0) is 17.9 Å². The van der Waals surface area contributed by atoms with Gasteiger partial charge in [-0.3, -0.25) is 0 Å². The Kier molecular flexibility index (Phi) is 10.6. The first-order chi connectivity index (χ1) is 12.2. The maximum Gasteiger partial charge on any atom is 0.175 e. The SMILES string of the molecule is COCCCNCc1cc(Br)c(OCc2ccccc2F)c(OC)c1.Cl. The lowest BCUT2D eigenvalue weighted by atomic mass is 10.2. The summed E-state index contributed by atoms with van der Waals surface area (Å²) in [5.41, 5.74) is 1.57. The molecule has 7 heteroatoms. The molecule has 4 nitrogen and oxygen atoms in total. The maximum absolute atomic E-state index is 13.7. The minimum absolute atomic E-state index is 0. The minimum atomic E-state index is -0.283. The molecule has 2 aromatic carbocycles. The van der Waals surface area contributed by atoms with Crippen LogP contribution in [-0.4, -0.2) is 27.4 Å². The van der Waals surface area contributed by atoms with Gasteiger partial charge in [-0.2, -0.15) is 0 Å². The van der Waals surface area contributed by atoms with Crippen LogP contribution in [0.5, 0.6) is 11.5 Å². The number of halogens is 3. The summed E-state index contributed by atoms with van der Waals surface area (Å²) in [7, 11) is 3.29. The van der Waals surface area contributed by atoms with Crippen molar-refractivity contribution in [2.45, 2.75) is 19.6 Å². The standard InChI is InChI=1S/C19H23BrFNO3.ClH/c1-23-9-5-8-22-12-14-10-16(20)19(18(11-14)24-2)25-13-15-6-3-4-7-17(15)21;/h3-4,6-7,10-11,22H,5,8-9,12-13H2,1-2H3;1H. The van der Waals surface area contributed by atoms with Crippen molar-refractivity contribution in [2.24, 2.45) is 0 Å². The molecular formula is C19H24BrClFNO3. The van der Waals surface area contributed by atoms with Gasteiger partial charge in [-0.1, -0.05) is 18.2 Å². The summed E-state index contributed by atoms with van der Waals surface area (Å²) in [6.07, 6.45) is 0.957. The molecule has 0 fully saturated rings. The van der Waals surface area contributed by atoms with Crippen LogP contribution in [0.3, 0.4) is 0 Å². The lowest BCUT2D eigenvalue weighted by molar-refractivity contribution is 0.194. The molecule has 0 amide bonds. The Labute approximate surface area is 168 Å². The molecule has 0 aliphatic carbocycles. The monoisotopic (exact) mass is 447 g/mol. The van der Waals surface area contributed by atoms with Crippen LogP contribution >= 0.6 is 28.3 Å². The lowest BCUT2D eigenvalue weighted by Gasteiger charge is -2.15. The molecule has 0 spiro atoms. The van der Waals surface area contributed by atoms with Crippen LogP contribution in [0, 0.1) is 5.82 Å². The molecule has 0 saturated heterocycles. The molecule has 0 aromatic heterocycles. The van der Waals surface area contributed by atoms with E-state index in [0.29, 0.717) is 23.6 Å². The van der Waals surface area contributed by atoms with E-state index in [2.05, 4.69) is 21.2 Å². The summed E-state index contributed by atoms with van der Waals surface area (Å²) in [6, 6.07) is 10.5. The van der Waals surface area contributed by atoms with Crippen LogP contribution in [0.1, 0.15) is 17.5 Å². The van der Waals surface area contributed by atoms with Gasteiger partial charge in [0.15, 0.2) is 11.5 Å². The van der Waals surface area contributed by atoms with Gasteiger partial charge in [0.25, 0.3) is 0 Å². The Hall–Kier alpha value is -1.34. The van der Waals surface area contributed by atoms with Crippen LogP contribution in [0.2, 0.25) is 0 Å². The Morgan fingerprint density at radius 2 is 1.92 bits per heavy atom. The fourth-order valence-corrected chi connectivity index (χ4v) is 2.96. The van der Waals surface area contributed by atoms with Crippen molar-refractivity contribution in [1.29, 1.82) is 0 Å². The Morgan fingerprint density at radius 1 is 1.15 bits per heavy atom. The predicted octanol–water partition coefficient (Wildman–Crippen LogP) is 4.72. The molecule has 0 radical (unpaired) electrons. The highest BCUT2D eigenvalue weighted by Crippen LogP contribution is 2.37. The van der Waals surface area contributed by atoms with Gasteiger partial charge in [0.05, 0.1) is 11.6 Å². The van der Waals surface area contributed by atoms with E-state index < -0.39 is 0 Å². The van der Waals surface area contributed by atoms with Crippen molar-refractivity contribution in [3.8, 4) is 11.5 Å². The molecule has 0 bridgehead atoms. The van der Waals surface area contributed by atoms with E-state index in [4.69, 9.17) is 14.2 Å². The van der Waals surface area contributed by atoms with E-state index in [1.54, 1.807) is 32.4 Å². The predicted molar refractivity (Wildman–Crippen MR) is 107 cm³/mol. The first kappa shape index (κ1) is 22.7. The second-order valence-electron chi connectivity index (χ2n) is 5.51. The molecule has 0 saturated carbocycles. The van der Waals surface area contributed by atoms with Crippen molar-refractivity contribution in [3.63, 3.8) is 0 Å². The van der Waals surface area contributed by atoms with Crippen molar-refractivity contribution in [3.05, 3.63) is 57.8 Å². The lowest BCUT2D eigenvalue weighted by Crippen LogP contribution is -2.16. The Morgan fingerprint density at radius 3 is 2.62 bits per heavy atom. The summed E-state index contributed by atoms with van der Waals surface area (Å²) in [4.78, 5) is 0.